The molecule has 0 saturated heterocycles. The molecule has 0 aliphatic heterocycles. The minimum absolute atomic E-state index is 0.0849. The van der Waals surface area contributed by atoms with Crippen LogP contribution >= 0.6 is 92.8 Å². The normalized spacial score (nSPS) is 10.9. The highest BCUT2D eigenvalue weighted by molar-refractivity contribution is 6.38. The Balaban J connectivity index is 0.000000277. The molecule has 0 aliphatic carbocycles. The Labute approximate surface area is 372 Å². The van der Waals surface area contributed by atoms with Gasteiger partial charge in [-0.2, -0.15) is 5.26 Å². The lowest BCUT2D eigenvalue weighted by atomic mass is 10.2. The SMILES string of the molecule is CC(Oc1ccc(Cl)cc1Cl)C(=O)O.CC(Oc1ccc(Oc2ccc(Cl)cc2Cl)cc1)C(=O)O.COc1c(Cl)ccc(Cl)c1C(=O)O.N#Cc1c(Cl)cccc1Cl. The Hall–Kier alpha value is -4.48. The number of ether oxygens (including phenoxy) is 4. The molecule has 2 atom stereocenters. The average molecular weight is 955 g/mol. The number of carboxylic acid groups (broad SMARTS) is 3. The summed E-state index contributed by atoms with van der Waals surface area (Å²) in [4.78, 5) is 31.9. The lowest BCUT2D eigenvalue weighted by Crippen LogP contribution is -2.22. The number of rotatable bonds is 10. The molecule has 3 N–H and O–H groups in total. The molecule has 0 heterocycles. The number of benzene rings is 5. The van der Waals surface area contributed by atoms with Gasteiger partial charge in [0.05, 0.1) is 42.8 Å². The molecule has 0 spiro atoms. The van der Waals surface area contributed by atoms with Crippen LogP contribution in [0.4, 0.5) is 0 Å². The molecule has 0 bridgehead atoms. The highest BCUT2D eigenvalue weighted by Crippen LogP contribution is 2.34. The maximum absolute atomic E-state index is 10.7. The van der Waals surface area contributed by atoms with E-state index in [-0.39, 0.29) is 21.4 Å². The maximum Gasteiger partial charge on any atom is 0.344 e. The second-order valence-electron chi connectivity index (χ2n) is 10.9. The molecule has 0 fully saturated rings. The van der Waals surface area contributed by atoms with E-state index in [4.69, 9.17) is 132 Å². The van der Waals surface area contributed by atoms with Gasteiger partial charge in [-0.05, 0) is 98.8 Å². The number of methoxy groups -OCH3 is 1. The van der Waals surface area contributed by atoms with Gasteiger partial charge < -0.3 is 34.3 Å². The molecule has 0 aromatic heterocycles. The fraction of sp³-hybridized carbons (Fsp3) is 0.128. The third kappa shape index (κ3) is 16.0. The zero-order valence-electron chi connectivity index (χ0n) is 30.0. The van der Waals surface area contributed by atoms with Gasteiger partial charge in [-0.3, -0.25) is 0 Å². The molecular formula is C39H29Cl8NO10. The van der Waals surface area contributed by atoms with Gasteiger partial charge in [0.25, 0.3) is 0 Å². The first kappa shape index (κ1) is 49.7. The van der Waals surface area contributed by atoms with E-state index in [9.17, 15) is 14.4 Å². The van der Waals surface area contributed by atoms with Gasteiger partial charge in [0, 0.05) is 10.0 Å². The first-order valence-corrected chi connectivity index (χ1v) is 18.9. The van der Waals surface area contributed by atoms with Crippen LogP contribution in [0, 0.1) is 11.3 Å². The predicted octanol–water partition coefficient (Wildman–Crippen LogP) is 13.0. The van der Waals surface area contributed by atoms with E-state index in [0.29, 0.717) is 58.7 Å². The number of nitrogens with zero attached hydrogens (tertiary/aromatic N) is 1. The Morgan fingerprint density at radius 1 is 0.586 bits per heavy atom. The Morgan fingerprint density at radius 2 is 1.05 bits per heavy atom. The van der Waals surface area contributed by atoms with Crippen LogP contribution in [0.25, 0.3) is 0 Å². The molecule has 0 amide bonds. The summed E-state index contributed by atoms with van der Waals surface area (Å²) in [6, 6.07) is 25.9. The van der Waals surface area contributed by atoms with Crippen LogP contribution in [0.5, 0.6) is 28.7 Å². The molecule has 0 radical (unpaired) electrons. The minimum atomic E-state index is -1.16. The number of carbonyl (C=O) groups is 3. The van der Waals surface area contributed by atoms with Crippen molar-refractivity contribution in [3.8, 4) is 34.8 Å². The fourth-order valence-electron chi connectivity index (χ4n) is 3.87. The maximum atomic E-state index is 10.7. The van der Waals surface area contributed by atoms with Crippen LogP contribution in [0.2, 0.25) is 40.2 Å². The zero-order valence-corrected chi connectivity index (χ0v) is 36.0. The third-order valence-corrected chi connectivity index (χ3v) is 9.01. The summed E-state index contributed by atoms with van der Waals surface area (Å²) in [5.41, 5.74) is 0.225. The predicted molar refractivity (Wildman–Crippen MR) is 226 cm³/mol. The van der Waals surface area contributed by atoms with Gasteiger partial charge in [-0.1, -0.05) is 98.9 Å². The summed E-state index contributed by atoms with van der Waals surface area (Å²) < 4.78 is 20.7. The summed E-state index contributed by atoms with van der Waals surface area (Å²) in [6.45, 7) is 2.88. The van der Waals surface area contributed by atoms with Gasteiger partial charge in [0.2, 0.25) is 0 Å². The molecule has 5 aromatic carbocycles. The van der Waals surface area contributed by atoms with Crippen molar-refractivity contribution in [2.45, 2.75) is 26.1 Å². The van der Waals surface area contributed by atoms with E-state index >= 15 is 0 Å². The first-order valence-electron chi connectivity index (χ1n) is 15.9. The number of carboxylic acids is 3. The zero-order chi connectivity index (χ0) is 43.7. The van der Waals surface area contributed by atoms with Crippen LogP contribution in [0.15, 0.2) is 91.0 Å². The quantitative estimate of drug-likeness (QED) is 0.122. The number of halogens is 8. The van der Waals surface area contributed by atoms with Crippen molar-refractivity contribution in [2.75, 3.05) is 7.11 Å². The second-order valence-corrected chi connectivity index (χ2v) is 14.2. The van der Waals surface area contributed by atoms with E-state index in [1.165, 1.54) is 45.2 Å². The molecule has 58 heavy (non-hydrogen) atoms. The second kappa shape index (κ2) is 24.4. The summed E-state index contributed by atoms with van der Waals surface area (Å²) in [7, 11) is 1.34. The van der Waals surface area contributed by atoms with Gasteiger partial charge in [0.15, 0.2) is 18.0 Å². The number of nitriles is 1. The number of hydrogen-bond acceptors (Lipinski definition) is 8. The Morgan fingerprint density at radius 3 is 1.47 bits per heavy atom. The number of hydrogen-bond donors (Lipinski definition) is 3. The van der Waals surface area contributed by atoms with Crippen molar-refractivity contribution in [3.05, 3.63) is 142 Å². The van der Waals surface area contributed by atoms with Gasteiger partial charge in [-0.25, -0.2) is 14.4 Å². The topological polar surface area (TPSA) is 173 Å². The molecular weight excluding hydrogens is 926 g/mol. The van der Waals surface area contributed by atoms with Gasteiger partial charge in [0.1, 0.15) is 34.6 Å². The third-order valence-electron chi connectivity index (χ3n) is 6.70. The highest BCUT2D eigenvalue weighted by Gasteiger charge is 2.18. The van der Waals surface area contributed by atoms with Crippen molar-refractivity contribution in [1.82, 2.24) is 0 Å². The van der Waals surface area contributed by atoms with E-state index in [1.807, 2.05) is 6.07 Å². The van der Waals surface area contributed by atoms with Crippen molar-refractivity contribution >= 4 is 111 Å². The van der Waals surface area contributed by atoms with E-state index in [0.717, 1.165) is 0 Å². The Bertz CT molecular complexity index is 2230. The molecule has 2 unspecified atom stereocenters. The van der Waals surface area contributed by atoms with E-state index < -0.39 is 30.1 Å². The van der Waals surface area contributed by atoms with E-state index in [1.54, 1.807) is 66.7 Å². The molecule has 5 aromatic rings. The molecule has 5 rings (SSSR count). The molecule has 306 valence electrons. The van der Waals surface area contributed by atoms with Crippen molar-refractivity contribution < 1.29 is 48.7 Å². The number of aliphatic carboxylic acids is 2. The average Bonchev–Trinajstić information content (AvgIpc) is 3.16. The minimum Gasteiger partial charge on any atom is -0.494 e. The monoisotopic (exact) mass is 951 g/mol. The summed E-state index contributed by atoms with van der Waals surface area (Å²) >= 11 is 45.9. The van der Waals surface area contributed by atoms with Crippen LogP contribution in [-0.4, -0.2) is 52.5 Å². The molecule has 0 aliphatic rings. The Kier molecular flexibility index (Phi) is 20.9. The summed E-state index contributed by atoms with van der Waals surface area (Å²) in [5, 5.41) is 37.5. The molecule has 0 saturated carbocycles. The molecule has 19 heteroatoms. The van der Waals surface area contributed by atoms with Crippen LogP contribution in [-0.2, 0) is 9.59 Å². The largest absolute Gasteiger partial charge is 0.494 e. The summed E-state index contributed by atoms with van der Waals surface area (Å²) in [5.74, 6) is -1.36. The number of aromatic carboxylic acids is 1. The van der Waals surface area contributed by atoms with E-state index in [2.05, 4.69) is 0 Å². The molecule has 11 nitrogen and oxygen atoms in total. The van der Waals surface area contributed by atoms with Crippen LogP contribution in [0.3, 0.4) is 0 Å². The van der Waals surface area contributed by atoms with Crippen molar-refractivity contribution in [3.63, 3.8) is 0 Å². The van der Waals surface area contributed by atoms with Gasteiger partial charge >= 0.3 is 17.9 Å². The van der Waals surface area contributed by atoms with Crippen molar-refractivity contribution in [1.29, 1.82) is 5.26 Å². The fourth-order valence-corrected chi connectivity index (χ4v) is 5.72. The smallest absolute Gasteiger partial charge is 0.344 e. The highest BCUT2D eigenvalue weighted by atomic mass is 35.5. The summed E-state index contributed by atoms with van der Waals surface area (Å²) in [6.07, 6.45) is -1.85. The lowest BCUT2D eigenvalue weighted by Gasteiger charge is -2.11. The first-order chi connectivity index (χ1) is 27.3. The van der Waals surface area contributed by atoms with Gasteiger partial charge in [-0.15, -0.1) is 0 Å². The van der Waals surface area contributed by atoms with Crippen molar-refractivity contribution in [2.24, 2.45) is 0 Å². The van der Waals surface area contributed by atoms with Crippen LogP contribution < -0.4 is 18.9 Å². The lowest BCUT2D eigenvalue weighted by molar-refractivity contribution is -0.145. The van der Waals surface area contributed by atoms with Crippen LogP contribution in [0.1, 0.15) is 29.8 Å². The standard InChI is InChI=1S/C15H12Cl2O4.C9H8Cl2O3.C8H6Cl2O3.C7H3Cl2N/c1-9(15(18)19)20-11-3-5-12(6-4-11)21-14-7-2-10(16)8-13(14)17;1-5(9(12)13)14-8-3-2-6(10)4-7(8)11;1-13-7-5(10)3-2-4(9)6(7)8(11)12;8-6-2-1-3-7(9)5(6)4-10/h2-9H,1H3,(H,18,19);2-5H,1H3,(H,12,13);2-3H,1H3,(H,11,12);1-3H.